The third kappa shape index (κ3) is 4.10. The van der Waals surface area contributed by atoms with E-state index in [1.807, 2.05) is 0 Å². The summed E-state index contributed by atoms with van der Waals surface area (Å²) in [5.74, 6) is -2.32. The van der Waals surface area contributed by atoms with E-state index in [9.17, 15) is 9.59 Å². The summed E-state index contributed by atoms with van der Waals surface area (Å²) in [4.78, 5) is 21.4. The number of rotatable bonds is 4. The van der Waals surface area contributed by atoms with E-state index in [1.165, 1.54) is 13.0 Å². The molecular formula is C9H12O4. The smallest absolute Gasteiger partial charge is 0.371 e. The molecule has 0 heterocycles. The van der Waals surface area contributed by atoms with Crippen LogP contribution in [0.25, 0.3) is 0 Å². The summed E-state index contributed by atoms with van der Waals surface area (Å²) >= 11 is 0. The van der Waals surface area contributed by atoms with Crippen molar-refractivity contribution in [2.24, 2.45) is 0 Å². The highest BCUT2D eigenvalue weighted by Crippen LogP contribution is 2.03. The number of ether oxygens (including phenoxy) is 1. The predicted molar refractivity (Wildman–Crippen MR) is 46.9 cm³/mol. The third-order valence-corrected chi connectivity index (χ3v) is 1.15. The zero-order valence-electron chi connectivity index (χ0n) is 7.66. The van der Waals surface area contributed by atoms with Gasteiger partial charge in [0.15, 0.2) is 0 Å². The van der Waals surface area contributed by atoms with Crippen LogP contribution in [0.15, 0.2) is 24.0 Å². The number of esters is 1. The summed E-state index contributed by atoms with van der Waals surface area (Å²) in [5.41, 5.74) is 0.170. The van der Waals surface area contributed by atoms with Crippen molar-refractivity contribution in [2.45, 2.75) is 20.3 Å². The van der Waals surface area contributed by atoms with Gasteiger partial charge in [-0.05, 0) is 19.4 Å². The SMILES string of the molecule is C=C(C)C(=O)O/C(=C/CC)C(=O)O. The number of carbonyl (C=O) groups is 2. The fraction of sp³-hybridized carbons (Fsp3) is 0.333. The van der Waals surface area contributed by atoms with Crippen LogP contribution < -0.4 is 0 Å². The first-order chi connectivity index (χ1) is 5.99. The molecule has 0 aromatic carbocycles. The van der Waals surface area contributed by atoms with Crippen LogP contribution in [0.2, 0.25) is 0 Å². The molecule has 0 aliphatic rings. The van der Waals surface area contributed by atoms with E-state index in [4.69, 9.17) is 5.11 Å². The Balaban J connectivity index is 4.45. The minimum absolute atomic E-state index is 0.170. The van der Waals surface area contributed by atoms with Gasteiger partial charge in [0, 0.05) is 5.57 Å². The van der Waals surface area contributed by atoms with Gasteiger partial charge in [0.2, 0.25) is 5.76 Å². The normalized spacial score (nSPS) is 10.8. The fourth-order valence-electron chi connectivity index (χ4n) is 0.545. The van der Waals surface area contributed by atoms with Crippen molar-refractivity contribution in [1.82, 2.24) is 0 Å². The Kier molecular flexibility index (Phi) is 4.51. The monoisotopic (exact) mass is 184 g/mol. The lowest BCUT2D eigenvalue weighted by molar-refractivity contribution is -0.145. The lowest BCUT2D eigenvalue weighted by atomic mass is 10.3. The summed E-state index contributed by atoms with van der Waals surface area (Å²) in [7, 11) is 0. The standard InChI is InChI=1S/C9H12O4/c1-4-5-7(8(10)11)13-9(12)6(2)3/h5H,2,4H2,1,3H3,(H,10,11)/b7-5+. The predicted octanol–water partition coefficient (Wildman–Crippen LogP) is 1.48. The molecule has 0 aliphatic carbocycles. The van der Waals surface area contributed by atoms with Gasteiger partial charge in [-0.2, -0.15) is 0 Å². The number of hydrogen-bond acceptors (Lipinski definition) is 3. The summed E-state index contributed by atoms with van der Waals surface area (Å²) < 4.78 is 4.54. The second-order valence-corrected chi connectivity index (χ2v) is 2.45. The van der Waals surface area contributed by atoms with E-state index in [0.29, 0.717) is 6.42 Å². The van der Waals surface area contributed by atoms with Crippen molar-refractivity contribution >= 4 is 11.9 Å². The van der Waals surface area contributed by atoms with E-state index in [-0.39, 0.29) is 11.3 Å². The van der Waals surface area contributed by atoms with E-state index in [1.54, 1.807) is 6.92 Å². The Morgan fingerprint density at radius 3 is 2.38 bits per heavy atom. The Hall–Kier alpha value is -1.58. The Labute approximate surface area is 76.5 Å². The minimum atomic E-state index is -1.25. The van der Waals surface area contributed by atoms with Crippen molar-refractivity contribution in [1.29, 1.82) is 0 Å². The van der Waals surface area contributed by atoms with Crippen LogP contribution in [0.1, 0.15) is 20.3 Å². The van der Waals surface area contributed by atoms with E-state index in [2.05, 4.69) is 11.3 Å². The quantitative estimate of drug-likeness (QED) is 0.408. The van der Waals surface area contributed by atoms with Crippen LogP contribution in [0.3, 0.4) is 0 Å². The van der Waals surface area contributed by atoms with Gasteiger partial charge in [0.05, 0.1) is 0 Å². The van der Waals surface area contributed by atoms with Crippen molar-refractivity contribution in [3.8, 4) is 0 Å². The van der Waals surface area contributed by atoms with Crippen molar-refractivity contribution in [3.05, 3.63) is 24.0 Å². The first-order valence-corrected chi connectivity index (χ1v) is 3.80. The second kappa shape index (κ2) is 5.13. The highest BCUT2D eigenvalue weighted by Gasteiger charge is 2.13. The molecule has 0 atom stereocenters. The minimum Gasteiger partial charge on any atom is -0.475 e. The molecule has 0 rings (SSSR count). The molecule has 0 unspecified atom stereocenters. The van der Waals surface area contributed by atoms with Crippen LogP contribution >= 0.6 is 0 Å². The van der Waals surface area contributed by atoms with Gasteiger partial charge in [-0.25, -0.2) is 9.59 Å². The molecule has 0 spiro atoms. The molecule has 4 nitrogen and oxygen atoms in total. The first kappa shape index (κ1) is 11.4. The third-order valence-electron chi connectivity index (χ3n) is 1.15. The van der Waals surface area contributed by atoms with Crippen molar-refractivity contribution < 1.29 is 19.4 Å². The number of hydrogen-bond donors (Lipinski definition) is 1. The molecule has 0 aliphatic heterocycles. The molecule has 0 fully saturated rings. The van der Waals surface area contributed by atoms with Gasteiger partial charge >= 0.3 is 11.9 Å². The molecule has 4 heteroatoms. The van der Waals surface area contributed by atoms with Crippen LogP contribution in [-0.4, -0.2) is 17.0 Å². The molecule has 0 radical (unpaired) electrons. The highest BCUT2D eigenvalue weighted by molar-refractivity contribution is 5.93. The Morgan fingerprint density at radius 2 is 2.08 bits per heavy atom. The van der Waals surface area contributed by atoms with Crippen LogP contribution in [0.4, 0.5) is 0 Å². The number of carboxylic acids is 1. The maximum atomic E-state index is 10.9. The molecule has 0 aromatic rings. The number of carbonyl (C=O) groups excluding carboxylic acids is 1. The molecular weight excluding hydrogens is 172 g/mol. The largest absolute Gasteiger partial charge is 0.475 e. The zero-order chi connectivity index (χ0) is 10.4. The summed E-state index contributed by atoms with van der Waals surface area (Å²) in [6, 6.07) is 0. The fourth-order valence-corrected chi connectivity index (χ4v) is 0.545. The molecule has 13 heavy (non-hydrogen) atoms. The highest BCUT2D eigenvalue weighted by atomic mass is 16.6. The summed E-state index contributed by atoms with van der Waals surface area (Å²) in [6.45, 7) is 6.53. The van der Waals surface area contributed by atoms with Crippen LogP contribution in [0.5, 0.6) is 0 Å². The Bertz CT molecular complexity index is 263. The Morgan fingerprint density at radius 1 is 1.54 bits per heavy atom. The lowest BCUT2D eigenvalue weighted by Crippen LogP contribution is -2.11. The number of carboxylic acid groups (broad SMARTS) is 1. The molecule has 1 N–H and O–H groups in total. The number of allylic oxidation sites excluding steroid dienone is 1. The molecule has 0 amide bonds. The van der Waals surface area contributed by atoms with Gasteiger partial charge in [-0.15, -0.1) is 0 Å². The summed E-state index contributed by atoms with van der Waals surface area (Å²) in [6.07, 6.45) is 1.81. The van der Waals surface area contributed by atoms with Gasteiger partial charge in [0.1, 0.15) is 0 Å². The van der Waals surface area contributed by atoms with E-state index >= 15 is 0 Å². The molecule has 0 bridgehead atoms. The van der Waals surface area contributed by atoms with Gasteiger partial charge in [0.25, 0.3) is 0 Å². The second-order valence-electron chi connectivity index (χ2n) is 2.45. The average Bonchev–Trinajstić information content (AvgIpc) is 2.03. The topological polar surface area (TPSA) is 63.6 Å². The van der Waals surface area contributed by atoms with Crippen molar-refractivity contribution in [3.63, 3.8) is 0 Å². The van der Waals surface area contributed by atoms with Crippen molar-refractivity contribution in [2.75, 3.05) is 0 Å². The van der Waals surface area contributed by atoms with Crippen LogP contribution in [0, 0.1) is 0 Å². The molecule has 72 valence electrons. The summed E-state index contributed by atoms with van der Waals surface area (Å²) in [5, 5.41) is 8.56. The van der Waals surface area contributed by atoms with E-state index < -0.39 is 11.9 Å². The van der Waals surface area contributed by atoms with Crippen LogP contribution in [-0.2, 0) is 14.3 Å². The van der Waals surface area contributed by atoms with Gasteiger partial charge < -0.3 is 9.84 Å². The van der Waals surface area contributed by atoms with Gasteiger partial charge in [-0.1, -0.05) is 13.5 Å². The maximum Gasteiger partial charge on any atom is 0.371 e. The average molecular weight is 184 g/mol. The van der Waals surface area contributed by atoms with Gasteiger partial charge in [-0.3, -0.25) is 0 Å². The maximum absolute atomic E-state index is 10.9. The van der Waals surface area contributed by atoms with E-state index in [0.717, 1.165) is 0 Å². The lowest BCUT2D eigenvalue weighted by Gasteiger charge is -2.03. The molecule has 0 saturated heterocycles. The molecule has 0 saturated carbocycles. The zero-order valence-corrected chi connectivity index (χ0v) is 7.66. The number of aliphatic carboxylic acids is 1. The molecule has 0 aromatic heterocycles. The first-order valence-electron chi connectivity index (χ1n) is 3.80.